The van der Waals surface area contributed by atoms with Crippen molar-refractivity contribution in [3.63, 3.8) is 0 Å². The van der Waals surface area contributed by atoms with Crippen molar-refractivity contribution in [2.24, 2.45) is 0 Å². The van der Waals surface area contributed by atoms with Crippen LogP contribution in [0.25, 0.3) is 22.4 Å². The third-order valence-electron chi connectivity index (χ3n) is 5.95. The number of hydrogen-bond donors (Lipinski definition) is 1. The molecule has 6 nitrogen and oxygen atoms in total. The summed E-state index contributed by atoms with van der Waals surface area (Å²) in [5.74, 6) is 1.78. The third kappa shape index (κ3) is 4.79. The highest BCUT2D eigenvalue weighted by molar-refractivity contribution is 6.10. The van der Waals surface area contributed by atoms with E-state index in [0.29, 0.717) is 24.5 Å². The molecule has 1 N–H and O–H groups in total. The summed E-state index contributed by atoms with van der Waals surface area (Å²) in [6.45, 7) is 3.57. The number of aromatic hydroxyl groups is 1. The first-order valence-corrected chi connectivity index (χ1v) is 11.9. The fourth-order valence-corrected chi connectivity index (χ4v) is 4.17. The van der Waals surface area contributed by atoms with Gasteiger partial charge in [0.2, 0.25) is 0 Å². The molecule has 36 heavy (non-hydrogen) atoms. The summed E-state index contributed by atoms with van der Waals surface area (Å²) >= 11 is 0. The van der Waals surface area contributed by atoms with Crippen molar-refractivity contribution < 1.29 is 19.4 Å². The minimum absolute atomic E-state index is 0.115. The SMILES string of the molecule is CCn1c(-c2ccc(OCCOc3ccc(C(=O)c4ccccc4)c(O)c3)cc2)nc2ccccc21. The van der Waals surface area contributed by atoms with Crippen molar-refractivity contribution in [3.05, 3.63) is 108 Å². The van der Waals surface area contributed by atoms with Crippen LogP contribution in [0, 0.1) is 0 Å². The van der Waals surface area contributed by atoms with Gasteiger partial charge < -0.3 is 19.1 Å². The summed E-state index contributed by atoms with van der Waals surface area (Å²) in [6, 6.07) is 29.5. The maximum Gasteiger partial charge on any atom is 0.196 e. The number of benzene rings is 4. The van der Waals surface area contributed by atoms with Gasteiger partial charge in [0.25, 0.3) is 0 Å². The molecule has 0 aliphatic rings. The molecule has 180 valence electrons. The molecule has 6 heteroatoms. The maximum atomic E-state index is 12.6. The number of para-hydroxylation sites is 2. The van der Waals surface area contributed by atoms with E-state index in [-0.39, 0.29) is 17.1 Å². The van der Waals surface area contributed by atoms with E-state index in [1.54, 1.807) is 36.4 Å². The number of carbonyl (C=O) groups excluding carboxylic acids is 1. The Morgan fingerprint density at radius 2 is 1.50 bits per heavy atom. The number of ketones is 1. The van der Waals surface area contributed by atoms with Crippen molar-refractivity contribution in [2.75, 3.05) is 13.2 Å². The number of aromatic nitrogens is 2. The van der Waals surface area contributed by atoms with E-state index < -0.39 is 0 Å². The first-order chi connectivity index (χ1) is 17.6. The zero-order valence-electron chi connectivity index (χ0n) is 19.9. The van der Waals surface area contributed by atoms with Crippen LogP contribution in [0.15, 0.2) is 97.1 Å². The van der Waals surface area contributed by atoms with Gasteiger partial charge in [0.05, 0.1) is 16.6 Å². The number of ether oxygens (including phenoxy) is 2. The monoisotopic (exact) mass is 478 g/mol. The summed E-state index contributed by atoms with van der Waals surface area (Å²) in [6.07, 6.45) is 0. The van der Waals surface area contributed by atoms with E-state index in [0.717, 1.165) is 34.7 Å². The lowest BCUT2D eigenvalue weighted by Gasteiger charge is -2.11. The van der Waals surface area contributed by atoms with E-state index in [1.165, 1.54) is 6.07 Å². The molecule has 0 spiro atoms. The fourth-order valence-electron chi connectivity index (χ4n) is 4.17. The minimum atomic E-state index is -0.235. The first-order valence-electron chi connectivity index (χ1n) is 11.9. The molecule has 0 radical (unpaired) electrons. The van der Waals surface area contributed by atoms with Crippen molar-refractivity contribution in [3.8, 4) is 28.6 Å². The van der Waals surface area contributed by atoms with Crippen LogP contribution in [0.2, 0.25) is 0 Å². The Bertz CT molecular complexity index is 1490. The van der Waals surface area contributed by atoms with Gasteiger partial charge in [-0.3, -0.25) is 4.79 Å². The van der Waals surface area contributed by atoms with E-state index in [9.17, 15) is 9.90 Å². The second-order valence-electron chi connectivity index (χ2n) is 8.26. The highest BCUT2D eigenvalue weighted by Crippen LogP contribution is 2.27. The Kier molecular flexibility index (Phi) is 6.67. The molecular formula is C30H26N2O4. The topological polar surface area (TPSA) is 73.6 Å². The predicted molar refractivity (Wildman–Crippen MR) is 140 cm³/mol. The molecule has 0 atom stereocenters. The minimum Gasteiger partial charge on any atom is -0.507 e. The zero-order chi connectivity index (χ0) is 24.9. The molecule has 0 saturated carbocycles. The first kappa shape index (κ1) is 23.2. The summed E-state index contributed by atoms with van der Waals surface area (Å²) in [4.78, 5) is 17.4. The van der Waals surface area contributed by atoms with Gasteiger partial charge in [-0.2, -0.15) is 0 Å². The van der Waals surface area contributed by atoms with Gasteiger partial charge in [0.15, 0.2) is 5.78 Å². The largest absolute Gasteiger partial charge is 0.507 e. The Morgan fingerprint density at radius 3 is 2.22 bits per heavy atom. The van der Waals surface area contributed by atoms with Crippen LogP contribution in [0.3, 0.4) is 0 Å². The van der Waals surface area contributed by atoms with Gasteiger partial charge in [0, 0.05) is 23.7 Å². The Balaban J connectivity index is 1.17. The Morgan fingerprint density at radius 1 is 0.833 bits per heavy atom. The molecule has 5 rings (SSSR count). The summed E-state index contributed by atoms with van der Waals surface area (Å²) in [5.41, 5.74) is 3.89. The van der Waals surface area contributed by atoms with Crippen molar-refractivity contribution in [2.45, 2.75) is 13.5 Å². The molecule has 5 aromatic rings. The number of nitrogens with zero attached hydrogens (tertiary/aromatic N) is 2. The van der Waals surface area contributed by atoms with E-state index >= 15 is 0 Å². The lowest BCUT2D eigenvalue weighted by Crippen LogP contribution is -2.09. The van der Waals surface area contributed by atoms with Gasteiger partial charge in [-0.25, -0.2) is 4.98 Å². The van der Waals surface area contributed by atoms with Gasteiger partial charge >= 0.3 is 0 Å². The number of imidazole rings is 1. The van der Waals surface area contributed by atoms with Crippen molar-refractivity contribution in [1.29, 1.82) is 0 Å². The normalized spacial score (nSPS) is 10.9. The van der Waals surface area contributed by atoms with Crippen LogP contribution < -0.4 is 9.47 Å². The van der Waals surface area contributed by atoms with Crippen LogP contribution in [0.1, 0.15) is 22.8 Å². The van der Waals surface area contributed by atoms with Crippen LogP contribution in [-0.4, -0.2) is 33.7 Å². The second-order valence-corrected chi connectivity index (χ2v) is 8.26. The standard InChI is InChI=1S/C30H26N2O4/c1-2-32-27-11-7-6-10-26(27)31-30(32)22-12-14-23(15-13-22)35-18-19-36-24-16-17-25(28(33)20-24)29(34)21-8-4-3-5-9-21/h3-17,20,33H,2,18-19H2,1H3. The lowest BCUT2D eigenvalue weighted by molar-refractivity contribution is 0.103. The average Bonchev–Trinajstić information content (AvgIpc) is 3.30. The van der Waals surface area contributed by atoms with Gasteiger partial charge in [-0.15, -0.1) is 0 Å². The molecule has 0 amide bonds. The summed E-state index contributed by atoms with van der Waals surface area (Å²) in [7, 11) is 0. The number of carbonyl (C=O) groups is 1. The summed E-state index contributed by atoms with van der Waals surface area (Å²) in [5, 5.41) is 10.3. The number of hydrogen-bond acceptors (Lipinski definition) is 5. The summed E-state index contributed by atoms with van der Waals surface area (Å²) < 4.78 is 13.7. The van der Waals surface area contributed by atoms with Crippen LogP contribution >= 0.6 is 0 Å². The predicted octanol–water partition coefficient (Wildman–Crippen LogP) is 6.12. The molecular weight excluding hydrogens is 452 g/mol. The maximum absolute atomic E-state index is 12.6. The average molecular weight is 479 g/mol. The van der Waals surface area contributed by atoms with Crippen LogP contribution in [0.5, 0.6) is 17.2 Å². The highest BCUT2D eigenvalue weighted by Gasteiger charge is 2.14. The second kappa shape index (κ2) is 10.4. The lowest BCUT2D eigenvalue weighted by atomic mass is 10.0. The number of fused-ring (bicyclic) bond motifs is 1. The molecule has 0 unspecified atom stereocenters. The molecule has 0 saturated heterocycles. The van der Waals surface area contributed by atoms with Gasteiger partial charge in [-0.1, -0.05) is 42.5 Å². The molecule has 0 aliphatic carbocycles. The van der Waals surface area contributed by atoms with Crippen molar-refractivity contribution in [1.82, 2.24) is 9.55 Å². The molecule has 0 bridgehead atoms. The third-order valence-corrected chi connectivity index (χ3v) is 5.95. The van der Waals surface area contributed by atoms with E-state index in [2.05, 4.69) is 17.6 Å². The van der Waals surface area contributed by atoms with Crippen LogP contribution in [-0.2, 0) is 6.54 Å². The zero-order valence-corrected chi connectivity index (χ0v) is 19.9. The molecule has 1 aromatic heterocycles. The Hall–Kier alpha value is -4.58. The van der Waals surface area contributed by atoms with Crippen LogP contribution in [0.4, 0.5) is 0 Å². The molecule has 4 aromatic carbocycles. The van der Waals surface area contributed by atoms with Gasteiger partial charge in [-0.05, 0) is 55.5 Å². The number of phenolic OH excluding ortho intramolecular Hbond substituents is 1. The van der Waals surface area contributed by atoms with E-state index in [1.807, 2.05) is 48.5 Å². The quantitative estimate of drug-likeness (QED) is 0.204. The Labute approximate surface area is 209 Å². The molecule has 0 fully saturated rings. The highest BCUT2D eigenvalue weighted by atomic mass is 16.5. The van der Waals surface area contributed by atoms with Gasteiger partial charge in [0.1, 0.15) is 36.3 Å². The fraction of sp³-hybridized carbons (Fsp3) is 0.133. The number of aryl methyl sites for hydroxylation is 1. The van der Waals surface area contributed by atoms with Crippen molar-refractivity contribution >= 4 is 16.8 Å². The molecule has 1 heterocycles. The molecule has 0 aliphatic heterocycles. The smallest absolute Gasteiger partial charge is 0.196 e. The number of rotatable bonds is 9. The van der Waals surface area contributed by atoms with E-state index in [4.69, 9.17) is 14.5 Å². The number of phenols is 1.